The number of amides is 1. The molecule has 0 atom stereocenters. The Bertz CT molecular complexity index is 394. The molecule has 0 aliphatic carbocycles. The van der Waals surface area contributed by atoms with Gasteiger partial charge < -0.3 is 5.32 Å². The van der Waals surface area contributed by atoms with Crippen LogP contribution in [0.2, 0.25) is 0 Å². The van der Waals surface area contributed by atoms with Crippen LogP contribution in [0.1, 0.15) is 6.42 Å². The molecule has 1 N–H and O–H groups in total. The summed E-state index contributed by atoms with van der Waals surface area (Å²) >= 11 is 7.03. The lowest BCUT2D eigenvalue weighted by atomic mass is 10.4. The van der Waals surface area contributed by atoms with Gasteiger partial charge in [-0.05, 0) is 24.3 Å². The first-order chi connectivity index (χ1) is 8.08. The van der Waals surface area contributed by atoms with Gasteiger partial charge in [-0.3, -0.25) is 4.79 Å². The minimum atomic E-state index is -0.257. The van der Waals surface area contributed by atoms with E-state index in [9.17, 15) is 9.18 Å². The first kappa shape index (κ1) is 14.1. The van der Waals surface area contributed by atoms with Crippen LogP contribution in [-0.2, 0) is 4.79 Å². The van der Waals surface area contributed by atoms with Gasteiger partial charge in [0.1, 0.15) is 5.82 Å². The molecule has 0 radical (unpaired) electrons. The molecule has 0 spiro atoms. The lowest BCUT2D eigenvalue weighted by molar-refractivity contribution is -0.120. The zero-order valence-corrected chi connectivity index (χ0v) is 10.8. The van der Waals surface area contributed by atoms with E-state index in [1.807, 2.05) is 0 Å². The van der Waals surface area contributed by atoms with E-state index in [2.05, 4.69) is 11.9 Å². The van der Waals surface area contributed by atoms with E-state index in [4.69, 9.17) is 11.6 Å². The third-order valence-electron chi connectivity index (χ3n) is 1.89. The normalized spacial score (nSPS) is 10.0. The Labute approximate surface area is 109 Å². The third-order valence-corrected chi connectivity index (χ3v) is 3.04. The van der Waals surface area contributed by atoms with E-state index in [1.165, 1.54) is 23.9 Å². The summed E-state index contributed by atoms with van der Waals surface area (Å²) in [6, 6.07) is 6.19. The predicted octanol–water partition coefficient (Wildman–Crippen LogP) is 3.18. The topological polar surface area (TPSA) is 29.1 Å². The smallest absolute Gasteiger partial charge is 0.221 e. The first-order valence-electron chi connectivity index (χ1n) is 5.06. The van der Waals surface area contributed by atoms with Crippen molar-refractivity contribution in [2.24, 2.45) is 0 Å². The molecule has 5 heteroatoms. The van der Waals surface area contributed by atoms with Crippen LogP contribution in [0.3, 0.4) is 0 Å². The highest BCUT2D eigenvalue weighted by Crippen LogP contribution is 2.18. The summed E-state index contributed by atoms with van der Waals surface area (Å²) in [6.45, 7) is 3.77. The summed E-state index contributed by atoms with van der Waals surface area (Å²) in [6.07, 6.45) is 0.395. The monoisotopic (exact) mass is 273 g/mol. The summed E-state index contributed by atoms with van der Waals surface area (Å²) < 4.78 is 12.6. The molecule has 0 saturated carbocycles. The van der Waals surface area contributed by atoms with Gasteiger partial charge in [-0.15, -0.1) is 11.8 Å². The van der Waals surface area contributed by atoms with Gasteiger partial charge in [0.2, 0.25) is 5.91 Å². The predicted molar refractivity (Wildman–Crippen MR) is 69.7 cm³/mol. The lowest BCUT2D eigenvalue weighted by Crippen LogP contribution is -2.24. The second-order valence-corrected chi connectivity index (χ2v) is 5.05. The Balaban J connectivity index is 2.21. The Morgan fingerprint density at radius 1 is 1.41 bits per heavy atom. The molecule has 0 bridgehead atoms. The maximum Gasteiger partial charge on any atom is 0.221 e. The molecular formula is C12H13ClFNOS. The number of carbonyl (C=O) groups is 1. The highest BCUT2D eigenvalue weighted by Gasteiger charge is 2.02. The standard InChI is InChI=1S/C12H13ClFNOS/c1-9(13)8-15-12(16)6-7-17-11-4-2-10(14)3-5-11/h2-5H,1,6-8H2,(H,15,16). The van der Waals surface area contributed by atoms with Crippen LogP contribution in [0.4, 0.5) is 4.39 Å². The highest BCUT2D eigenvalue weighted by molar-refractivity contribution is 7.99. The van der Waals surface area contributed by atoms with E-state index in [0.717, 1.165) is 4.90 Å². The van der Waals surface area contributed by atoms with Crippen LogP contribution in [0.15, 0.2) is 40.8 Å². The zero-order chi connectivity index (χ0) is 12.7. The van der Waals surface area contributed by atoms with Gasteiger partial charge in [0.15, 0.2) is 0 Å². The van der Waals surface area contributed by atoms with Crippen LogP contribution in [0.5, 0.6) is 0 Å². The molecular weight excluding hydrogens is 261 g/mol. The number of hydrogen-bond donors (Lipinski definition) is 1. The second-order valence-electron chi connectivity index (χ2n) is 3.35. The number of rotatable bonds is 6. The number of benzene rings is 1. The third kappa shape index (κ3) is 6.34. The van der Waals surface area contributed by atoms with Crippen LogP contribution in [-0.4, -0.2) is 18.2 Å². The fourth-order valence-electron chi connectivity index (χ4n) is 1.08. The summed E-state index contributed by atoms with van der Waals surface area (Å²) in [7, 11) is 0. The summed E-state index contributed by atoms with van der Waals surface area (Å²) in [4.78, 5) is 12.3. The number of carbonyl (C=O) groups excluding carboxylic acids is 1. The number of nitrogens with one attached hydrogen (secondary N) is 1. The average Bonchev–Trinajstić information content (AvgIpc) is 2.29. The van der Waals surface area contributed by atoms with Crippen LogP contribution < -0.4 is 5.32 Å². The molecule has 0 unspecified atom stereocenters. The van der Waals surface area contributed by atoms with Crippen molar-refractivity contribution in [1.82, 2.24) is 5.32 Å². The molecule has 1 aromatic rings. The van der Waals surface area contributed by atoms with Gasteiger partial charge in [-0.25, -0.2) is 4.39 Å². The SMILES string of the molecule is C=C(Cl)CNC(=O)CCSc1ccc(F)cc1. The van der Waals surface area contributed by atoms with Crippen molar-refractivity contribution in [1.29, 1.82) is 0 Å². The van der Waals surface area contributed by atoms with Crippen molar-refractivity contribution in [2.45, 2.75) is 11.3 Å². The minimum absolute atomic E-state index is 0.0681. The second kappa shape index (κ2) is 7.35. The average molecular weight is 274 g/mol. The van der Waals surface area contributed by atoms with E-state index in [-0.39, 0.29) is 11.7 Å². The Hall–Kier alpha value is -1.00. The Morgan fingerprint density at radius 2 is 2.06 bits per heavy atom. The lowest BCUT2D eigenvalue weighted by Gasteiger charge is -2.03. The molecule has 1 aromatic carbocycles. The van der Waals surface area contributed by atoms with E-state index >= 15 is 0 Å². The van der Waals surface area contributed by atoms with Crippen molar-refractivity contribution < 1.29 is 9.18 Å². The fraction of sp³-hybridized carbons (Fsp3) is 0.250. The van der Waals surface area contributed by atoms with E-state index in [0.29, 0.717) is 23.8 Å². The number of halogens is 2. The van der Waals surface area contributed by atoms with Crippen LogP contribution >= 0.6 is 23.4 Å². The number of hydrogen-bond acceptors (Lipinski definition) is 2. The summed E-state index contributed by atoms with van der Waals surface area (Å²) in [5, 5.41) is 3.04. The molecule has 0 aliphatic heterocycles. The van der Waals surface area contributed by atoms with Crippen molar-refractivity contribution in [3.63, 3.8) is 0 Å². The van der Waals surface area contributed by atoms with E-state index in [1.54, 1.807) is 12.1 Å². The number of thioether (sulfide) groups is 1. The van der Waals surface area contributed by atoms with Crippen LogP contribution in [0.25, 0.3) is 0 Å². The maximum absolute atomic E-state index is 12.6. The quantitative estimate of drug-likeness (QED) is 0.807. The molecule has 0 saturated heterocycles. The molecule has 0 aromatic heterocycles. The maximum atomic E-state index is 12.6. The van der Waals surface area contributed by atoms with Gasteiger partial charge in [0.05, 0.1) is 6.54 Å². The molecule has 1 amide bonds. The Morgan fingerprint density at radius 3 is 2.65 bits per heavy atom. The minimum Gasteiger partial charge on any atom is -0.351 e. The van der Waals surface area contributed by atoms with Gasteiger partial charge in [-0.2, -0.15) is 0 Å². The Kier molecular flexibility index (Phi) is 6.08. The molecule has 92 valence electrons. The summed E-state index contributed by atoms with van der Waals surface area (Å²) in [5.74, 6) is 0.320. The van der Waals surface area contributed by atoms with Crippen molar-refractivity contribution in [3.8, 4) is 0 Å². The van der Waals surface area contributed by atoms with Gasteiger partial charge >= 0.3 is 0 Å². The molecule has 17 heavy (non-hydrogen) atoms. The van der Waals surface area contributed by atoms with E-state index < -0.39 is 0 Å². The van der Waals surface area contributed by atoms with Crippen molar-refractivity contribution in [2.75, 3.05) is 12.3 Å². The first-order valence-corrected chi connectivity index (χ1v) is 6.42. The zero-order valence-electron chi connectivity index (χ0n) is 9.21. The summed E-state index contributed by atoms with van der Waals surface area (Å²) in [5.41, 5.74) is 0. The molecule has 0 aliphatic rings. The van der Waals surface area contributed by atoms with Crippen molar-refractivity contribution >= 4 is 29.3 Å². The van der Waals surface area contributed by atoms with Gasteiger partial charge in [-0.1, -0.05) is 18.2 Å². The molecule has 0 heterocycles. The van der Waals surface area contributed by atoms with Gasteiger partial charge in [0, 0.05) is 22.1 Å². The molecule has 1 rings (SSSR count). The van der Waals surface area contributed by atoms with Crippen molar-refractivity contribution in [3.05, 3.63) is 41.7 Å². The largest absolute Gasteiger partial charge is 0.351 e. The van der Waals surface area contributed by atoms with Crippen LogP contribution in [0, 0.1) is 5.82 Å². The molecule has 2 nitrogen and oxygen atoms in total. The highest BCUT2D eigenvalue weighted by atomic mass is 35.5. The molecule has 0 fully saturated rings. The fourth-order valence-corrected chi connectivity index (χ4v) is 1.99. The van der Waals surface area contributed by atoms with Gasteiger partial charge in [0.25, 0.3) is 0 Å².